The van der Waals surface area contributed by atoms with E-state index in [1.165, 1.54) is 0 Å². The molecule has 5 nitrogen and oxygen atoms in total. The van der Waals surface area contributed by atoms with E-state index in [2.05, 4.69) is 10.1 Å². The Bertz CT molecular complexity index is 497. The first kappa shape index (κ1) is 9.59. The fraction of sp³-hybridized carbons (Fsp3) is 0.455. The Morgan fingerprint density at radius 3 is 2.88 bits per heavy atom. The molecule has 0 spiro atoms. The Morgan fingerprint density at radius 2 is 2.25 bits per heavy atom. The van der Waals surface area contributed by atoms with Gasteiger partial charge in [-0.05, 0) is 31.4 Å². The molecule has 3 rings (SSSR count). The summed E-state index contributed by atoms with van der Waals surface area (Å²) in [4.78, 5) is 4.29. The predicted octanol–water partition coefficient (Wildman–Crippen LogP) is 1.88. The predicted molar refractivity (Wildman–Crippen MR) is 54.7 cm³/mol. The fourth-order valence-corrected chi connectivity index (χ4v) is 1.88. The summed E-state index contributed by atoms with van der Waals surface area (Å²) >= 11 is 0. The van der Waals surface area contributed by atoms with Crippen molar-refractivity contribution in [1.29, 1.82) is 0 Å². The minimum absolute atomic E-state index is 0.200. The van der Waals surface area contributed by atoms with Gasteiger partial charge < -0.3 is 14.0 Å². The summed E-state index contributed by atoms with van der Waals surface area (Å²) in [5.74, 6) is 1.93. The van der Waals surface area contributed by atoms with Gasteiger partial charge in [-0.3, -0.25) is 0 Å². The summed E-state index contributed by atoms with van der Waals surface area (Å²) in [6, 6.07) is 1.86. The second kappa shape index (κ2) is 3.45. The first-order valence-electron chi connectivity index (χ1n) is 5.30. The molecule has 2 heterocycles. The molecule has 0 amide bonds. The van der Waals surface area contributed by atoms with Crippen molar-refractivity contribution in [2.45, 2.75) is 31.8 Å². The lowest BCUT2D eigenvalue weighted by atomic mass is 9.82. The third-order valence-corrected chi connectivity index (χ3v) is 2.97. The summed E-state index contributed by atoms with van der Waals surface area (Å²) in [6.45, 7) is 1.93. The smallest absolute Gasteiger partial charge is 0.238 e. The standard InChI is InChI=1S/C11H12N2O3/c1-6-2-3-15-9(6)10-12-11(16-13-10)7-4-8(14)5-7/h2-3,7-8,14H,4-5H2,1H3. The molecule has 0 atom stereocenters. The highest BCUT2D eigenvalue weighted by Crippen LogP contribution is 2.36. The van der Waals surface area contributed by atoms with Crippen LogP contribution in [0, 0.1) is 6.92 Å². The van der Waals surface area contributed by atoms with Gasteiger partial charge in [0.2, 0.25) is 11.7 Å². The van der Waals surface area contributed by atoms with E-state index in [9.17, 15) is 5.11 Å². The molecule has 5 heteroatoms. The lowest BCUT2D eigenvalue weighted by Crippen LogP contribution is -2.26. The Hall–Kier alpha value is -1.62. The molecule has 0 radical (unpaired) electrons. The average molecular weight is 220 g/mol. The molecular formula is C11H12N2O3. The number of nitrogens with zero attached hydrogens (tertiary/aromatic N) is 2. The van der Waals surface area contributed by atoms with Gasteiger partial charge in [0.1, 0.15) is 0 Å². The normalized spacial score (nSPS) is 24.4. The van der Waals surface area contributed by atoms with E-state index in [1.54, 1.807) is 6.26 Å². The number of hydrogen-bond donors (Lipinski definition) is 1. The van der Waals surface area contributed by atoms with E-state index in [4.69, 9.17) is 8.94 Å². The van der Waals surface area contributed by atoms with Crippen molar-refractivity contribution < 1.29 is 14.0 Å². The fourth-order valence-electron chi connectivity index (χ4n) is 1.88. The molecule has 16 heavy (non-hydrogen) atoms. The maximum Gasteiger partial charge on any atom is 0.238 e. The monoisotopic (exact) mass is 220 g/mol. The SMILES string of the molecule is Cc1ccoc1-c1noc(C2CC(O)C2)n1. The Morgan fingerprint density at radius 1 is 1.44 bits per heavy atom. The van der Waals surface area contributed by atoms with Crippen LogP contribution in [0.5, 0.6) is 0 Å². The number of hydrogen-bond acceptors (Lipinski definition) is 5. The maximum absolute atomic E-state index is 9.21. The zero-order chi connectivity index (χ0) is 11.1. The lowest BCUT2D eigenvalue weighted by molar-refractivity contribution is 0.0625. The van der Waals surface area contributed by atoms with E-state index in [0.717, 1.165) is 5.56 Å². The summed E-state index contributed by atoms with van der Waals surface area (Å²) in [6.07, 6.45) is 2.80. The molecule has 1 aliphatic carbocycles. The van der Waals surface area contributed by atoms with E-state index in [1.807, 2.05) is 13.0 Å². The molecule has 1 saturated carbocycles. The minimum Gasteiger partial charge on any atom is -0.461 e. The van der Waals surface area contributed by atoms with E-state index < -0.39 is 0 Å². The van der Waals surface area contributed by atoms with Gasteiger partial charge in [-0.15, -0.1) is 0 Å². The Kier molecular flexibility index (Phi) is 2.07. The number of furan rings is 1. The highest BCUT2D eigenvalue weighted by molar-refractivity contribution is 5.51. The summed E-state index contributed by atoms with van der Waals surface area (Å²) < 4.78 is 10.4. The van der Waals surface area contributed by atoms with Crippen LogP contribution in [0.1, 0.15) is 30.2 Å². The van der Waals surface area contributed by atoms with Gasteiger partial charge in [-0.25, -0.2) is 0 Å². The van der Waals surface area contributed by atoms with Gasteiger partial charge in [0.15, 0.2) is 5.76 Å². The van der Waals surface area contributed by atoms with Crippen molar-refractivity contribution >= 4 is 0 Å². The van der Waals surface area contributed by atoms with Crippen molar-refractivity contribution in [3.63, 3.8) is 0 Å². The molecule has 1 fully saturated rings. The molecule has 1 N–H and O–H groups in total. The minimum atomic E-state index is -0.217. The Balaban J connectivity index is 1.86. The molecule has 0 saturated heterocycles. The molecule has 0 aromatic carbocycles. The van der Waals surface area contributed by atoms with Gasteiger partial charge in [0.25, 0.3) is 0 Å². The zero-order valence-corrected chi connectivity index (χ0v) is 8.88. The number of aromatic nitrogens is 2. The lowest BCUT2D eigenvalue weighted by Gasteiger charge is -2.27. The number of aliphatic hydroxyl groups excluding tert-OH is 1. The van der Waals surface area contributed by atoms with Crippen LogP contribution in [-0.4, -0.2) is 21.4 Å². The highest BCUT2D eigenvalue weighted by atomic mass is 16.5. The molecule has 2 aromatic rings. The van der Waals surface area contributed by atoms with Crippen molar-refractivity contribution in [2.24, 2.45) is 0 Å². The largest absolute Gasteiger partial charge is 0.461 e. The summed E-state index contributed by atoms with van der Waals surface area (Å²) in [7, 11) is 0. The number of aryl methyl sites for hydroxylation is 1. The van der Waals surface area contributed by atoms with Gasteiger partial charge in [0.05, 0.1) is 12.4 Å². The summed E-state index contributed by atoms with van der Waals surface area (Å²) in [5.41, 5.74) is 0.987. The van der Waals surface area contributed by atoms with Crippen molar-refractivity contribution in [3.05, 3.63) is 23.8 Å². The first-order chi connectivity index (χ1) is 7.74. The van der Waals surface area contributed by atoms with Crippen molar-refractivity contribution in [3.8, 4) is 11.6 Å². The van der Waals surface area contributed by atoms with Crippen LogP contribution in [0.15, 0.2) is 21.3 Å². The van der Waals surface area contributed by atoms with E-state index in [-0.39, 0.29) is 12.0 Å². The second-order valence-corrected chi connectivity index (χ2v) is 4.21. The van der Waals surface area contributed by atoms with E-state index >= 15 is 0 Å². The average Bonchev–Trinajstić information content (AvgIpc) is 2.81. The van der Waals surface area contributed by atoms with Crippen molar-refractivity contribution in [2.75, 3.05) is 0 Å². The second-order valence-electron chi connectivity index (χ2n) is 4.21. The molecular weight excluding hydrogens is 208 g/mol. The summed E-state index contributed by atoms with van der Waals surface area (Å²) in [5, 5.41) is 13.1. The van der Waals surface area contributed by atoms with Gasteiger partial charge in [0, 0.05) is 5.92 Å². The highest BCUT2D eigenvalue weighted by Gasteiger charge is 2.33. The number of aliphatic hydroxyl groups is 1. The maximum atomic E-state index is 9.21. The first-order valence-corrected chi connectivity index (χ1v) is 5.30. The molecule has 1 aliphatic rings. The van der Waals surface area contributed by atoms with Crippen LogP contribution in [-0.2, 0) is 0 Å². The molecule has 2 aromatic heterocycles. The molecule has 0 aliphatic heterocycles. The third kappa shape index (κ3) is 1.44. The Labute approximate surface area is 92.1 Å². The van der Waals surface area contributed by atoms with Gasteiger partial charge >= 0.3 is 0 Å². The van der Waals surface area contributed by atoms with Gasteiger partial charge in [-0.2, -0.15) is 4.98 Å². The topological polar surface area (TPSA) is 72.3 Å². The van der Waals surface area contributed by atoms with Crippen LogP contribution in [0.2, 0.25) is 0 Å². The molecule has 84 valence electrons. The molecule has 0 unspecified atom stereocenters. The third-order valence-electron chi connectivity index (χ3n) is 2.97. The van der Waals surface area contributed by atoms with Crippen molar-refractivity contribution in [1.82, 2.24) is 10.1 Å². The van der Waals surface area contributed by atoms with Gasteiger partial charge in [-0.1, -0.05) is 5.16 Å². The van der Waals surface area contributed by atoms with E-state index in [0.29, 0.717) is 30.3 Å². The van der Waals surface area contributed by atoms with Crippen LogP contribution < -0.4 is 0 Å². The number of rotatable bonds is 2. The van der Waals surface area contributed by atoms with Crippen LogP contribution in [0.3, 0.4) is 0 Å². The van der Waals surface area contributed by atoms with Crippen LogP contribution >= 0.6 is 0 Å². The van der Waals surface area contributed by atoms with Crippen LogP contribution in [0.4, 0.5) is 0 Å². The molecule has 0 bridgehead atoms. The zero-order valence-electron chi connectivity index (χ0n) is 8.88. The quantitative estimate of drug-likeness (QED) is 0.836. The van der Waals surface area contributed by atoms with Crippen LogP contribution in [0.25, 0.3) is 11.6 Å².